The van der Waals surface area contributed by atoms with E-state index in [0.29, 0.717) is 38.5 Å². The van der Waals surface area contributed by atoms with Gasteiger partial charge in [-0.15, -0.1) is 0 Å². The molecule has 1 aromatic carbocycles. The molecule has 70 heavy (non-hydrogen) atoms. The average Bonchev–Trinajstić information content (AvgIpc) is 3.37. The first kappa shape index (κ1) is 63.3. The summed E-state index contributed by atoms with van der Waals surface area (Å²) in [5, 5.41) is 0. The number of piperidine rings is 1. The fraction of sp³-hybridized carbons (Fsp3) is 0.845. The largest absolute Gasteiger partial charge is 0.466 e. The topological polar surface area (TPSA) is 122 Å². The van der Waals surface area contributed by atoms with Gasteiger partial charge in [-0.05, 0) is 147 Å². The maximum atomic E-state index is 14.0. The summed E-state index contributed by atoms with van der Waals surface area (Å²) in [6.07, 6.45) is 27.5. The molecule has 1 aromatic rings. The third-order valence-electron chi connectivity index (χ3n) is 13.4. The van der Waals surface area contributed by atoms with Gasteiger partial charge in [-0.2, -0.15) is 0 Å². The molecule has 0 radical (unpaired) electrons. The van der Waals surface area contributed by atoms with E-state index in [1.807, 2.05) is 35.2 Å². The van der Waals surface area contributed by atoms with Gasteiger partial charge in [0.05, 0.1) is 13.2 Å². The second-order valence-electron chi connectivity index (χ2n) is 19.9. The summed E-state index contributed by atoms with van der Waals surface area (Å²) < 4.78 is 41.5. The van der Waals surface area contributed by atoms with Crippen LogP contribution in [0.25, 0.3) is 0 Å². The molecular formula is C58H104N2O10. The Morgan fingerprint density at radius 3 is 1.36 bits per heavy atom. The van der Waals surface area contributed by atoms with Crippen molar-refractivity contribution in [2.24, 2.45) is 5.92 Å². The van der Waals surface area contributed by atoms with E-state index in [1.165, 1.54) is 0 Å². The van der Waals surface area contributed by atoms with E-state index in [0.717, 1.165) is 225 Å². The molecular weight excluding hydrogens is 885 g/mol. The fourth-order valence-electron chi connectivity index (χ4n) is 8.85. The first-order chi connectivity index (χ1) is 34.3. The van der Waals surface area contributed by atoms with Crippen molar-refractivity contribution >= 4 is 18.0 Å². The summed E-state index contributed by atoms with van der Waals surface area (Å²) in [4.78, 5) is 43.8. The van der Waals surface area contributed by atoms with Crippen molar-refractivity contribution < 1.29 is 47.5 Å². The van der Waals surface area contributed by atoms with E-state index in [4.69, 9.17) is 33.2 Å². The zero-order valence-corrected chi connectivity index (χ0v) is 45.5. The lowest BCUT2D eigenvalue weighted by Gasteiger charge is -2.37. The minimum Gasteiger partial charge on any atom is -0.466 e. The van der Waals surface area contributed by atoms with Crippen molar-refractivity contribution in [3.63, 3.8) is 0 Å². The van der Waals surface area contributed by atoms with Gasteiger partial charge in [0.1, 0.15) is 6.61 Å². The molecule has 12 nitrogen and oxygen atoms in total. The molecule has 2 rings (SSSR count). The fourth-order valence-corrected chi connectivity index (χ4v) is 8.85. The molecule has 0 bridgehead atoms. The number of esters is 2. The number of hydrogen-bond acceptors (Lipinski definition) is 11. The van der Waals surface area contributed by atoms with Crippen LogP contribution in [0.2, 0.25) is 0 Å². The van der Waals surface area contributed by atoms with Gasteiger partial charge in [0.15, 0.2) is 12.6 Å². The summed E-state index contributed by atoms with van der Waals surface area (Å²) in [6, 6.07) is 9.92. The van der Waals surface area contributed by atoms with Crippen LogP contribution in [0.15, 0.2) is 30.3 Å². The molecule has 12 heteroatoms. The predicted octanol–water partition coefficient (Wildman–Crippen LogP) is 14.1. The lowest BCUT2D eigenvalue weighted by Crippen LogP contribution is -2.45. The Morgan fingerprint density at radius 2 is 0.929 bits per heavy atom. The summed E-state index contributed by atoms with van der Waals surface area (Å²) in [7, 11) is 2.17. The number of unbranched alkanes of at least 4 members (excludes halogenated alkanes) is 14. The van der Waals surface area contributed by atoms with Crippen molar-refractivity contribution in [2.45, 2.75) is 246 Å². The van der Waals surface area contributed by atoms with Crippen LogP contribution in [0.1, 0.15) is 226 Å². The highest BCUT2D eigenvalue weighted by Gasteiger charge is 2.29. The number of carbonyl (C=O) groups excluding carboxylic acids is 3. The molecule has 1 aliphatic heterocycles. The number of nitrogens with zero attached hydrogens (tertiary/aromatic N) is 2. The zero-order chi connectivity index (χ0) is 50.5. The van der Waals surface area contributed by atoms with Crippen molar-refractivity contribution in [3.05, 3.63) is 35.9 Å². The van der Waals surface area contributed by atoms with E-state index < -0.39 is 0 Å². The first-order valence-corrected chi connectivity index (χ1v) is 28.7. The highest BCUT2D eigenvalue weighted by Crippen LogP contribution is 2.25. The molecule has 0 atom stereocenters. The number of amides is 1. The first-order valence-electron chi connectivity index (χ1n) is 28.7. The van der Waals surface area contributed by atoms with Gasteiger partial charge in [0.2, 0.25) is 0 Å². The molecule has 0 aliphatic carbocycles. The van der Waals surface area contributed by atoms with E-state index in [1.54, 1.807) is 0 Å². The predicted molar refractivity (Wildman–Crippen MR) is 283 cm³/mol. The molecule has 0 saturated carbocycles. The van der Waals surface area contributed by atoms with Gasteiger partial charge in [0.25, 0.3) is 0 Å². The van der Waals surface area contributed by atoms with Crippen molar-refractivity contribution in [1.82, 2.24) is 9.80 Å². The van der Waals surface area contributed by atoms with Crippen molar-refractivity contribution in [1.29, 1.82) is 0 Å². The molecule has 1 aliphatic rings. The Kier molecular flexibility index (Phi) is 40.6. The van der Waals surface area contributed by atoms with E-state index in [-0.39, 0.29) is 43.3 Å². The Morgan fingerprint density at radius 1 is 0.514 bits per heavy atom. The van der Waals surface area contributed by atoms with Crippen molar-refractivity contribution in [2.75, 3.05) is 66.3 Å². The van der Waals surface area contributed by atoms with E-state index in [9.17, 15) is 14.4 Å². The average molecular weight is 989 g/mol. The number of rotatable bonds is 47. The van der Waals surface area contributed by atoms with Gasteiger partial charge in [0, 0.05) is 51.9 Å². The van der Waals surface area contributed by atoms with E-state index >= 15 is 0 Å². The SMILES string of the molecule is CCCCCOC(CCCCC(=O)OCCCCCC(CCCCCOC(=O)CCCCC(OCCCCC)OCCCCC)N(CC1CCN(C)CC1)C(=O)OCc1ccccc1)OCCCCC. The lowest BCUT2D eigenvalue weighted by atomic mass is 9.94. The zero-order valence-electron chi connectivity index (χ0n) is 45.5. The van der Waals surface area contributed by atoms with Gasteiger partial charge >= 0.3 is 18.0 Å². The maximum Gasteiger partial charge on any atom is 0.410 e. The van der Waals surface area contributed by atoms with Crippen LogP contribution in [0.3, 0.4) is 0 Å². The summed E-state index contributed by atoms with van der Waals surface area (Å²) in [6.45, 7) is 15.5. The normalized spacial score (nSPS) is 13.4. The highest BCUT2D eigenvalue weighted by atomic mass is 16.7. The minimum atomic E-state index is -0.245. The summed E-state index contributed by atoms with van der Waals surface area (Å²) in [5.74, 6) is 0.133. The van der Waals surface area contributed by atoms with Crippen LogP contribution in [-0.4, -0.2) is 113 Å². The summed E-state index contributed by atoms with van der Waals surface area (Å²) >= 11 is 0. The second-order valence-corrected chi connectivity index (χ2v) is 19.9. The van der Waals surface area contributed by atoms with Gasteiger partial charge in [-0.3, -0.25) is 9.59 Å². The monoisotopic (exact) mass is 989 g/mol. The molecule has 1 amide bonds. The van der Waals surface area contributed by atoms with Gasteiger partial charge in [-0.25, -0.2) is 4.79 Å². The number of hydrogen-bond donors (Lipinski definition) is 0. The van der Waals surface area contributed by atoms with Crippen molar-refractivity contribution in [3.8, 4) is 0 Å². The Balaban J connectivity index is 1.87. The molecule has 0 spiro atoms. The number of carbonyl (C=O) groups is 3. The lowest BCUT2D eigenvalue weighted by molar-refractivity contribution is -0.149. The van der Waals surface area contributed by atoms with Crippen LogP contribution < -0.4 is 0 Å². The van der Waals surface area contributed by atoms with Crippen LogP contribution in [0.5, 0.6) is 0 Å². The summed E-state index contributed by atoms with van der Waals surface area (Å²) in [5.41, 5.74) is 0.974. The molecule has 406 valence electrons. The second kappa shape index (κ2) is 44.9. The quantitative estimate of drug-likeness (QED) is 0.0268. The third-order valence-corrected chi connectivity index (χ3v) is 13.4. The Labute approximate surface area is 427 Å². The van der Waals surface area contributed by atoms with Gasteiger partial charge < -0.3 is 43.0 Å². The van der Waals surface area contributed by atoms with Crippen LogP contribution >= 0.6 is 0 Å². The third kappa shape index (κ3) is 34.6. The van der Waals surface area contributed by atoms with Crippen LogP contribution in [0.4, 0.5) is 4.79 Å². The molecule has 1 heterocycles. The number of ether oxygens (including phenoxy) is 7. The smallest absolute Gasteiger partial charge is 0.410 e. The van der Waals surface area contributed by atoms with Gasteiger partial charge in [-0.1, -0.05) is 122 Å². The maximum absolute atomic E-state index is 14.0. The highest BCUT2D eigenvalue weighted by molar-refractivity contribution is 5.69. The number of benzene rings is 1. The molecule has 0 unspecified atom stereocenters. The van der Waals surface area contributed by atoms with Crippen LogP contribution in [0, 0.1) is 5.92 Å². The minimum absolute atomic E-state index is 0.0261. The number of likely N-dealkylation sites (tertiary alicyclic amines) is 1. The molecule has 1 saturated heterocycles. The van der Waals surface area contributed by atoms with E-state index in [2.05, 4.69) is 39.6 Å². The molecule has 1 fully saturated rings. The Hall–Kier alpha value is -2.77. The molecule has 0 N–H and O–H groups in total. The Bertz CT molecular complexity index is 1280. The molecule has 0 aromatic heterocycles. The standard InChI is InChI=1S/C58H104N2O10/c1-6-10-25-45-66-56(67-46-26-11-7-2)37-23-21-35-54(61)64-43-29-15-19-33-53(60(49-51-39-41-59(5)42-40-51)58(63)70-50-52-31-17-14-18-32-52)34-20-16-30-44-65-55(62)36-22-24-38-57(68-47-27-12-8-3)69-48-28-13-9-4/h14,17-18,31-32,51,53,56-57H,6-13,15-16,19-30,33-50H2,1-5H3. The van der Waals surface area contributed by atoms with Crippen LogP contribution in [-0.2, 0) is 49.4 Å².